The van der Waals surface area contributed by atoms with Gasteiger partial charge in [-0.3, -0.25) is 4.79 Å². The average Bonchev–Trinajstić information content (AvgIpc) is 2.61. The molecule has 5 nitrogen and oxygen atoms in total. The zero-order valence-corrected chi connectivity index (χ0v) is 9.10. The summed E-state index contributed by atoms with van der Waals surface area (Å²) in [6.45, 7) is 2.82. The van der Waals surface area contributed by atoms with Gasteiger partial charge in [-0.2, -0.15) is 0 Å². The molecule has 0 fully saturated rings. The largest absolute Gasteiger partial charge is 0.399 e. The molecule has 84 valence electrons. The summed E-state index contributed by atoms with van der Waals surface area (Å²) in [5.74, 6) is -0.0152. The molecule has 0 unspecified atom stereocenters. The van der Waals surface area contributed by atoms with Crippen molar-refractivity contribution in [2.45, 2.75) is 13.5 Å². The molecule has 0 radical (unpaired) electrons. The number of carbonyl (C=O) groups is 1. The van der Waals surface area contributed by atoms with Gasteiger partial charge in [-0.05, 0) is 25.1 Å². The molecule has 1 aromatic heterocycles. The van der Waals surface area contributed by atoms with Gasteiger partial charge in [-0.1, -0.05) is 0 Å². The van der Waals surface area contributed by atoms with Crippen molar-refractivity contribution >= 4 is 22.6 Å². The van der Waals surface area contributed by atoms with Gasteiger partial charge in [0.15, 0.2) is 0 Å². The Hall–Kier alpha value is -2.04. The maximum Gasteiger partial charge on any atom is 0.239 e. The smallest absolute Gasteiger partial charge is 0.239 e. The molecule has 3 N–H and O–H groups in total. The Morgan fingerprint density at radius 3 is 3.12 bits per heavy atom. The van der Waals surface area contributed by atoms with Crippen LogP contribution in [0.25, 0.3) is 11.0 Å². The molecular formula is C11H14N4O. The summed E-state index contributed by atoms with van der Waals surface area (Å²) in [6.07, 6.45) is 1.65. The summed E-state index contributed by atoms with van der Waals surface area (Å²) >= 11 is 0. The van der Waals surface area contributed by atoms with Crippen LogP contribution in [-0.4, -0.2) is 22.0 Å². The van der Waals surface area contributed by atoms with Crippen molar-refractivity contribution in [2.75, 3.05) is 12.3 Å². The SMILES string of the molecule is CCNC(=O)Cn1cnc2cc(N)ccc21. The van der Waals surface area contributed by atoms with E-state index in [1.54, 1.807) is 23.0 Å². The summed E-state index contributed by atoms with van der Waals surface area (Å²) in [5.41, 5.74) is 8.06. The Morgan fingerprint density at radius 2 is 2.38 bits per heavy atom. The number of nitrogen functional groups attached to an aromatic ring is 1. The van der Waals surface area contributed by atoms with E-state index in [9.17, 15) is 4.79 Å². The number of fused-ring (bicyclic) bond motifs is 1. The second kappa shape index (κ2) is 4.22. The lowest BCUT2D eigenvalue weighted by atomic mass is 10.3. The molecule has 0 aliphatic rings. The fraction of sp³-hybridized carbons (Fsp3) is 0.273. The minimum atomic E-state index is -0.0152. The van der Waals surface area contributed by atoms with E-state index in [-0.39, 0.29) is 12.5 Å². The minimum absolute atomic E-state index is 0.0152. The zero-order chi connectivity index (χ0) is 11.5. The van der Waals surface area contributed by atoms with Crippen LogP contribution in [0.5, 0.6) is 0 Å². The van der Waals surface area contributed by atoms with E-state index < -0.39 is 0 Å². The van der Waals surface area contributed by atoms with Gasteiger partial charge in [0.25, 0.3) is 0 Å². The highest BCUT2D eigenvalue weighted by Gasteiger charge is 2.06. The first-order valence-corrected chi connectivity index (χ1v) is 5.17. The van der Waals surface area contributed by atoms with Crippen LogP contribution in [0.2, 0.25) is 0 Å². The molecular weight excluding hydrogens is 204 g/mol. The van der Waals surface area contributed by atoms with E-state index in [1.165, 1.54) is 0 Å². The number of rotatable bonds is 3. The topological polar surface area (TPSA) is 72.9 Å². The van der Waals surface area contributed by atoms with Crippen LogP contribution >= 0.6 is 0 Å². The molecule has 1 amide bonds. The third-order valence-electron chi connectivity index (χ3n) is 2.33. The lowest BCUT2D eigenvalue weighted by Crippen LogP contribution is -2.26. The Labute approximate surface area is 93.3 Å². The second-order valence-electron chi connectivity index (χ2n) is 3.57. The molecule has 5 heteroatoms. The maximum absolute atomic E-state index is 11.4. The summed E-state index contributed by atoms with van der Waals surface area (Å²) in [5, 5.41) is 2.75. The monoisotopic (exact) mass is 218 g/mol. The Balaban J connectivity index is 2.28. The predicted molar refractivity (Wildman–Crippen MR) is 62.8 cm³/mol. The normalized spacial score (nSPS) is 10.6. The number of likely N-dealkylation sites (N-methyl/N-ethyl adjacent to an activating group) is 1. The molecule has 16 heavy (non-hydrogen) atoms. The number of anilines is 1. The van der Waals surface area contributed by atoms with E-state index in [0.717, 1.165) is 11.0 Å². The van der Waals surface area contributed by atoms with E-state index in [1.807, 2.05) is 13.0 Å². The number of nitrogens with one attached hydrogen (secondary N) is 1. The van der Waals surface area contributed by atoms with Gasteiger partial charge in [-0.15, -0.1) is 0 Å². The second-order valence-corrected chi connectivity index (χ2v) is 3.57. The Kier molecular flexibility index (Phi) is 2.76. The maximum atomic E-state index is 11.4. The molecule has 1 heterocycles. The highest BCUT2D eigenvalue weighted by molar-refractivity contribution is 5.82. The van der Waals surface area contributed by atoms with Crippen LogP contribution in [0.4, 0.5) is 5.69 Å². The number of amides is 1. The van der Waals surface area contributed by atoms with Crippen molar-refractivity contribution in [1.29, 1.82) is 0 Å². The summed E-state index contributed by atoms with van der Waals surface area (Å²) < 4.78 is 1.81. The fourth-order valence-electron chi connectivity index (χ4n) is 1.61. The molecule has 0 atom stereocenters. The van der Waals surface area contributed by atoms with Gasteiger partial charge in [0.2, 0.25) is 5.91 Å². The average molecular weight is 218 g/mol. The standard InChI is InChI=1S/C11H14N4O/c1-2-13-11(16)6-15-7-14-9-5-8(12)3-4-10(9)15/h3-5,7H,2,6,12H2,1H3,(H,13,16). The fourth-order valence-corrected chi connectivity index (χ4v) is 1.61. The Bertz CT molecular complexity index is 518. The minimum Gasteiger partial charge on any atom is -0.399 e. The van der Waals surface area contributed by atoms with Crippen LogP contribution < -0.4 is 11.1 Å². The van der Waals surface area contributed by atoms with Crippen LogP contribution in [-0.2, 0) is 11.3 Å². The predicted octanol–water partition coefficient (Wildman–Crippen LogP) is 0.755. The van der Waals surface area contributed by atoms with E-state index in [2.05, 4.69) is 10.3 Å². The van der Waals surface area contributed by atoms with E-state index >= 15 is 0 Å². The molecule has 0 aliphatic heterocycles. The lowest BCUT2D eigenvalue weighted by Gasteiger charge is -2.04. The van der Waals surface area contributed by atoms with Crippen molar-refractivity contribution in [2.24, 2.45) is 0 Å². The molecule has 0 saturated carbocycles. The molecule has 0 spiro atoms. The zero-order valence-electron chi connectivity index (χ0n) is 9.10. The van der Waals surface area contributed by atoms with Gasteiger partial charge < -0.3 is 15.6 Å². The number of aromatic nitrogens is 2. The number of imidazole rings is 1. The molecule has 0 aliphatic carbocycles. The van der Waals surface area contributed by atoms with Crippen LogP contribution in [0.3, 0.4) is 0 Å². The van der Waals surface area contributed by atoms with Crippen molar-refractivity contribution in [3.8, 4) is 0 Å². The van der Waals surface area contributed by atoms with Gasteiger partial charge in [-0.25, -0.2) is 4.98 Å². The molecule has 2 aromatic rings. The molecule has 0 saturated heterocycles. The number of nitrogens with two attached hydrogens (primary N) is 1. The third kappa shape index (κ3) is 1.98. The van der Waals surface area contributed by atoms with Crippen molar-refractivity contribution < 1.29 is 4.79 Å². The number of hydrogen-bond donors (Lipinski definition) is 2. The van der Waals surface area contributed by atoms with Gasteiger partial charge in [0.05, 0.1) is 17.4 Å². The summed E-state index contributed by atoms with van der Waals surface area (Å²) in [7, 11) is 0. The third-order valence-corrected chi connectivity index (χ3v) is 2.33. The lowest BCUT2D eigenvalue weighted by molar-refractivity contribution is -0.121. The van der Waals surface area contributed by atoms with Crippen LogP contribution in [0, 0.1) is 0 Å². The number of nitrogens with zero attached hydrogens (tertiary/aromatic N) is 2. The number of benzene rings is 1. The highest BCUT2D eigenvalue weighted by atomic mass is 16.1. The highest BCUT2D eigenvalue weighted by Crippen LogP contribution is 2.15. The van der Waals surface area contributed by atoms with Crippen molar-refractivity contribution in [3.63, 3.8) is 0 Å². The first kappa shape index (κ1) is 10.5. The molecule has 1 aromatic carbocycles. The van der Waals surface area contributed by atoms with Crippen molar-refractivity contribution in [1.82, 2.24) is 14.9 Å². The van der Waals surface area contributed by atoms with Gasteiger partial charge in [0.1, 0.15) is 6.54 Å². The van der Waals surface area contributed by atoms with Crippen molar-refractivity contribution in [3.05, 3.63) is 24.5 Å². The van der Waals surface area contributed by atoms with Crippen LogP contribution in [0.1, 0.15) is 6.92 Å². The molecule has 2 rings (SSSR count). The Morgan fingerprint density at radius 1 is 1.56 bits per heavy atom. The van der Waals surface area contributed by atoms with Crippen LogP contribution in [0.15, 0.2) is 24.5 Å². The number of hydrogen-bond acceptors (Lipinski definition) is 3. The quantitative estimate of drug-likeness (QED) is 0.747. The first-order valence-electron chi connectivity index (χ1n) is 5.17. The first-order chi connectivity index (χ1) is 7.70. The van der Waals surface area contributed by atoms with Gasteiger partial charge in [0, 0.05) is 12.2 Å². The molecule has 0 bridgehead atoms. The van der Waals surface area contributed by atoms with Gasteiger partial charge >= 0.3 is 0 Å². The number of carbonyl (C=O) groups excluding carboxylic acids is 1. The summed E-state index contributed by atoms with van der Waals surface area (Å²) in [4.78, 5) is 15.6. The van der Waals surface area contributed by atoms with E-state index in [0.29, 0.717) is 12.2 Å². The summed E-state index contributed by atoms with van der Waals surface area (Å²) in [6, 6.07) is 5.47. The van der Waals surface area contributed by atoms with E-state index in [4.69, 9.17) is 5.73 Å².